The summed E-state index contributed by atoms with van der Waals surface area (Å²) < 4.78 is 21.9. The van der Waals surface area contributed by atoms with E-state index >= 15 is 0 Å². The van der Waals surface area contributed by atoms with Crippen molar-refractivity contribution in [1.29, 1.82) is 0 Å². The molecule has 0 saturated heterocycles. The van der Waals surface area contributed by atoms with E-state index in [1.165, 1.54) is 25.7 Å². The Morgan fingerprint density at radius 1 is 1.31 bits per heavy atom. The molecule has 0 heterocycles. The molecule has 1 atom stereocenters. The highest BCUT2D eigenvalue weighted by molar-refractivity contribution is 8.15. The molecule has 0 spiro atoms. The van der Waals surface area contributed by atoms with Gasteiger partial charge in [-0.25, -0.2) is 8.42 Å². The summed E-state index contributed by atoms with van der Waals surface area (Å²) in [5.74, 6) is 0.587. The molecule has 2 rings (SSSR count). The Balaban J connectivity index is 1.85. The van der Waals surface area contributed by atoms with Crippen LogP contribution in [-0.2, 0) is 9.05 Å². The second-order valence-electron chi connectivity index (χ2n) is 5.36. The van der Waals surface area contributed by atoms with Gasteiger partial charge in [-0.1, -0.05) is 25.7 Å². The summed E-state index contributed by atoms with van der Waals surface area (Å²) >= 11 is 0. The average molecular weight is 267 g/mol. The van der Waals surface area contributed by atoms with Gasteiger partial charge >= 0.3 is 0 Å². The van der Waals surface area contributed by atoms with Gasteiger partial charge in [0.25, 0.3) is 0 Å². The third-order valence-electron chi connectivity index (χ3n) is 4.01. The molecule has 5 heteroatoms. The Labute approximate surface area is 102 Å². The fraction of sp³-hybridized carbons (Fsp3) is 1.00. The highest BCUT2D eigenvalue weighted by Crippen LogP contribution is 2.49. The molecular formula is C11H19ClO3S. The molecule has 0 amide bonds. The zero-order chi connectivity index (χ0) is 11.8. The predicted octanol–water partition coefficient (Wildman–Crippen LogP) is 2.42. The average Bonchev–Trinajstić information content (AvgIpc) is 2.75. The summed E-state index contributed by atoms with van der Waals surface area (Å²) in [6, 6.07) is 0. The van der Waals surface area contributed by atoms with Crippen LogP contribution in [0.5, 0.6) is 0 Å². The lowest BCUT2D eigenvalue weighted by Crippen LogP contribution is -2.26. The normalized spacial score (nSPS) is 26.9. The Morgan fingerprint density at radius 3 is 2.31 bits per heavy atom. The molecule has 2 aliphatic rings. The fourth-order valence-corrected chi connectivity index (χ4v) is 4.46. The number of aliphatic hydroxyl groups excluding tert-OH is 1. The van der Waals surface area contributed by atoms with Gasteiger partial charge in [0.1, 0.15) is 0 Å². The van der Waals surface area contributed by atoms with Crippen molar-refractivity contribution in [3.63, 3.8) is 0 Å². The fourth-order valence-electron chi connectivity index (χ4n) is 2.83. The standard InChI is InChI=1S/C11H19ClO3S/c12-16(14,15)11(5-6-11)8-10(13)7-9-3-1-2-4-9/h9-10,13H,1-8H2. The number of hydrogen-bond donors (Lipinski definition) is 1. The van der Waals surface area contributed by atoms with E-state index in [4.69, 9.17) is 10.7 Å². The Morgan fingerprint density at radius 2 is 1.88 bits per heavy atom. The van der Waals surface area contributed by atoms with Crippen molar-refractivity contribution < 1.29 is 13.5 Å². The molecule has 0 aromatic heterocycles. The molecular weight excluding hydrogens is 248 g/mol. The predicted molar refractivity (Wildman–Crippen MR) is 63.9 cm³/mol. The maximum absolute atomic E-state index is 11.3. The van der Waals surface area contributed by atoms with Crippen LogP contribution in [0.4, 0.5) is 0 Å². The summed E-state index contributed by atoms with van der Waals surface area (Å²) in [6.45, 7) is 0. The van der Waals surface area contributed by atoms with Gasteiger partial charge in [0, 0.05) is 10.7 Å². The summed E-state index contributed by atoms with van der Waals surface area (Å²) in [5.41, 5.74) is 0. The van der Waals surface area contributed by atoms with Crippen LogP contribution in [0, 0.1) is 5.92 Å². The summed E-state index contributed by atoms with van der Waals surface area (Å²) in [4.78, 5) is 0. The SMILES string of the molecule is O=S(=O)(Cl)C1(CC(O)CC2CCCC2)CC1. The highest BCUT2D eigenvalue weighted by Gasteiger charge is 2.54. The zero-order valence-electron chi connectivity index (χ0n) is 9.36. The van der Waals surface area contributed by atoms with Crippen LogP contribution in [0.3, 0.4) is 0 Å². The van der Waals surface area contributed by atoms with Crippen molar-refractivity contribution in [2.24, 2.45) is 5.92 Å². The van der Waals surface area contributed by atoms with Crippen molar-refractivity contribution in [2.45, 2.75) is 62.2 Å². The van der Waals surface area contributed by atoms with E-state index in [1.807, 2.05) is 0 Å². The summed E-state index contributed by atoms with van der Waals surface area (Å²) in [6.07, 6.45) is 6.64. The van der Waals surface area contributed by atoms with Gasteiger partial charge in [-0.3, -0.25) is 0 Å². The van der Waals surface area contributed by atoms with Gasteiger partial charge in [0.2, 0.25) is 9.05 Å². The number of hydrogen-bond acceptors (Lipinski definition) is 3. The van der Waals surface area contributed by atoms with E-state index in [2.05, 4.69) is 0 Å². The second kappa shape index (κ2) is 4.46. The quantitative estimate of drug-likeness (QED) is 0.778. The van der Waals surface area contributed by atoms with E-state index in [0.29, 0.717) is 25.2 Å². The van der Waals surface area contributed by atoms with Gasteiger partial charge in [0.15, 0.2) is 0 Å². The summed E-state index contributed by atoms with van der Waals surface area (Å²) in [7, 11) is 1.90. The molecule has 16 heavy (non-hydrogen) atoms. The zero-order valence-corrected chi connectivity index (χ0v) is 10.9. The molecule has 94 valence electrons. The summed E-state index contributed by atoms with van der Waals surface area (Å²) in [5, 5.41) is 9.93. The smallest absolute Gasteiger partial charge is 0.238 e. The van der Waals surface area contributed by atoms with Gasteiger partial charge in [-0.05, 0) is 31.6 Å². The third kappa shape index (κ3) is 2.71. The molecule has 0 radical (unpaired) electrons. The van der Waals surface area contributed by atoms with Crippen molar-refractivity contribution in [1.82, 2.24) is 0 Å². The minimum Gasteiger partial charge on any atom is -0.393 e. The molecule has 2 fully saturated rings. The van der Waals surface area contributed by atoms with E-state index in [-0.39, 0.29) is 0 Å². The lowest BCUT2D eigenvalue weighted by molar-refractivity contribution is 0.130. The topological polar surface area (TPSA) is 54.4 Å². The van der Waals surface area contributed by atoms with Crippen LogP contribution in [0.2, 0.25) is 0 Å². The first kappa shape index (κ1) is 12.7. The number of aliphatic hydroxyl groups is 1. The van der Waals surface area contributed by atoms with E-state index < -0.39 is 19.9 Å². The lowest BCUT2D eigenvalue weighted by Gasteiger charge is -2.19. The monoisotopic (exact) mass is 266 g/mol. The largest absolute Gasteiger partial charge is 0.393 e. The minimum atomic E-state index is -3.51. The first-order chi connectivity index (χ1) is 7.43. The molecule has 2 aliphatic carbocycles. The van der Waals surface area contributed by atoms with Crippen LogP contribution in [0.25, 0.3) is 0 Å². The maximum Gasteiger partial charge on any atom is 0.238 e. The van der Waals surface area contributed by atoms with Gasteiger partial charge in [0.05, 0.1) is 10.9 Å². The van der Waals surface area contributed by atoms with Crippen molar-refractivity contribution in [2.75, 3.05) is 0 Å². The molecule has 1 unspecified atom stereocenters. The lowest BCUT2D eigenvalue weighted by atomic mass is 9.97. The molecule has 0 aromatic rings. The van der Waals surface area contributed by atoms with Crippen LogP contribution in [0.15, 0.2) is 0 Å². The molecule has 0 aromatic carbocycles. The second-order valence-corrected chi connectivity index (χ2v) is 8.33. The molecule has 1 N–H and O–H groups in total. The molecule has 0 bridgehead atoms. The third-order valence-corrected chi connectivity index (χ3v) is 6.60. The molecule has 3 nitrogen and oxygen atoms in total. The first-order valence-corrected chi connectivity index (χ1v) is 8.36. The van der Waals surface area contributed by atoms with E-state index in [1.54, 1.807) is 0 Å². The number of halogens is 1. The van der Waals surface area contributed by atoms with Crippen LogP contribution < -0.4 is 0 Å². The van der Waals surface area contributed by atoms with Gasteiger partial charge in [-0.15, -0.1) is 0 Å². The van der Waals surface area contributed by atoms with E-state index in [0.717, 1.165) is 6.42 Å². The van der Waals surface area contributed by atoms with Crippen LogP contribution in [-0.4, -0.2) is 24.4 Å². The maximum atomic E-state index is 11.3. The Hall–Kier alpha value is 0.200. The van der Waals surface area contributed by atoms with Crippen LogP contribution in [0.1, 0.15) is 51.4 Å². The van der Waals surface area contributed by atoms with Crippen molar-refractivity contribution in [3.8, 4) is 0 Å². The number of rotatable bonds is 5. The van der Waals surface area contributed by atoms with Crippen LogP contribution >= 0.6 is 10.7 Å². The highest BCUT2D eigenvalue weighted by atomic mass is 35.7. The first-order valence-electron chi connectivity index (χ1n) is 6.05. The van der Waals surface area contributed by atoms with Gasteiger partial charge in [-0.2, -0.15) is 0 Å². The minimum absolute atomic E-state index is 0.329. The van der Waals surface area contributed by atoms with Crippen molar-refractivity contribution >= 4 is 19.7 Å². The van der Waals surface area contributed by atoms with Gasteiger partial charge < -0.3 is 5.11 Å². The Bertz CT molecular complexity index is 342. The van der Waals surface area contributed by atoms with E-state index in [9.17, 15) is 13.5 Å². The Kier molecular flexibility index (Phi) is 3.53. The van der Waals surface area contributed by atoms with Crippen molar-refractivity contribution in [3.05, 3.63) is 0 Å². The molecule has 2 saturated carbocycles. The molecule has 0 aliphatic heterocycles.